The average molecular weight is 547 g/mol. The zero-order chi connectivity index (χ0) is 19.8. The molecule has 7 nitrogen and oxygen atoms in total. The molecule has 0 saturated heterocycles. The van der Waals surface area contributed by atoms with Gasteiger partial charge in [-0.25, -0.2) is 4.98 Å². The predicted molar refractivity (Wildman–Crippen MR) is 128 cm³/mol. The minimum absolute atomic E-state index is 0. The monoisotopic (exact) mass is 546 g/mol. The molecule has 0 saturated carbocycles. The fraction of sp³-hybridized carbons (Fsp3) is 0.368. The van der Waals surface area contributed by atoms with Crippen LogP contribution in [0.2, 0.25) is 5.02 Å². The Kier molecular flexibility index (Phi) is 9.82. The van der Waals surface area contributed by atoms with E-state index in [-0.39, 0.29) is 24.0 Å². The maximum atomic E-state index is 6.01. The first-order valence-electron chi connectivity index (χ1n) is 9.16. The summed E-state index contributed by atoms with van der Waals surface area (Å²) in [6.07, 6.45) is 3.33. The predicted octanol–water partition coefficient (Wildman–Crippen LogP) is 4.11. The topological polar surface area (TPSA) is 88.2 Å². The van der Waals surface area contributed by atoms with Crippen LogP contribution in [0.15, 0.2) is 40.0 Å². The van der Waals surface area contributed by atoms with Crippen LogP contribution in [0.3, 0.4) is 0 Å². The molecule has 0 aliphatic heterocycles. The van der Waals surface area contributed by atoms with Gasteiger partial charge in [-0.2, -0.15) is 4.98 Å². The van der Waals surface area contributed by atoms with Crippen molar-refractivity contribution in [3.8, 4) is 11.4 Å². The normalized spacial score (nSPS) is 11.2. The lowest BCUT2D eigenvalue weighted by atomic mass is 10.2. The Morgan fingerprint density at radius 2 is 2.14 bits per heavy atom. The van der Waals surface area contributed by atoms with Gasteiger partial charge in [0, 0.05) is 54.1 Å². The molecule has 0 aliphatic rings. The van der Waals surface area contributed by atoms with Crippen molar-refractivity contribution in [1.82, 2.24) is 25.8 Å². The third-order valence-electron chi connectivity index (χ3n) is 3.79. The molecule has 0 spiro atoms. The highest BCUT2D eigenvalue weighted by atomic mass is 127. The maximum Gasteiger partial charge on any atom is 0.228 e. The van der Waals surface area contributed by atoms with Crippen LogP contribution in [-0.2, 0) is 12.8 Å². The van der Waals surface area contributed by atoms with E-state index >= 15 is 0 Å². The number of hydrogen-bond donors (Lipinski definition) is 2. The lowest BCUT2D eigenvalue weighted by Crippen LogP contribution is -2.38. The van der Waals surface area contributed by atoms with Crippen molar-refractivity contribution in [2.75, 3.05) is 19.6 Å². The van der Waals surface area contributed by atoms with E-state index in [0.29, 0.717) is 36.2 Å². The summed E-state index contributed by atoms with van der Waals surface area (Å²) in [4.78, 5) is 14.6. The molecular formula is C19H24ClIN6OS. The highest BCUT2D eigenvalue weighted by Gasteiger charge is 2.09. The fourth-order valence-electron chi connectivity index (χ4n) is 2.51. The SMILES string of the molecule is CCNC(=NCCc1ncc(C)s1)NCCc1nc(-c2cccc(Cl)c2)no1.I. The molecule has 0 radical (unpaired) electrons. The number of nitrogens with one attached hydrogen (secondary N) is 2. The molecule has 29 heavy (non-hydrogen) atoms. The van der Waals surface area contributed by atoms with Gasteiger partial charge in [0.1, 0.15) is 0 Å². The van der Waals surface area contributed by atoms with Crippen LogP contribution in [0, 0.1) is 6.92 Å². The summed E-state index contributed by atoms with van der Waals surface area (Å²) < 4.78 is 5.33. The molecule has 0 fully saturated rings. The maximum absolute atomic E-state index is 6.01. The summed E-state index contributed by atoms with van der Waals surface area (Å²) in [6, 6.07) is 7.39. The van der Waals surface area contributed by atoms with Gasteiger partial charge in [0.15, 0.2) is 5.96 Å². The lowest BCUT2D eigenvalue weighted by molar-refractivity contribution is 0.378. The number of aromatic nitrogens is 3. The second kappa shape index (κ2) is 12.1. The molecule has 156 valence electrons. The van der Waals surface area contributed by atoms with E-state index in [9.17, 15) is 0 Å². The van der Waals surface area contributed by atoms with E-state index in [2.05, 4.69) is 37.7 Å². The Morgan fingerprint density at radius 1 is 1.28 bits per heavy atom. The van der Waals surface area contributed by atoms with E-state index in [1.54, 1.807) is 11.3 Å². The summed E-state index contributed by atoms with van der Waals surface area (Å²) in [5.74, 6) is 1.87. The fourth-order valence-corrected chi connectivity index (χ4v) is 3.48. The quantitative estimate of drug-likeness (QED) is 0.251. The number of aryl methyl sites for hydroxylation is 1. The minimum atomic E-state index is 0. The van der Waals surface area contributed by atoms with Crippen LogP contribution in [0.1, 0.15) is 22.7 Å². The van der Waals surface area contributed by atoms with E-state index in [1.807, 2.05) is 37.4 Å². The number of nitrogens with zero attached hydrogens (tertiary/aromatic N) is 4. The van der Waals surface area contributed by atoms with Crippen LogP contribution in [0.5, 0.6) is 0 Å². The number of rotatable bonds is 8. The van der Waals surface area contributed by atoms with Gasteiger partial charge in [-0.3, -0.25) is 4.99 Å². The summed E-state index contributed by atoms with van der Waals surface area (Å²) in [7, 11) is 0. The largest absolute Gasteiger partial charge is 0.357 e. The molecular weight excluding hydrogens is 523 g/mol. The van der Waals surface area contributed by atoms with Crippen molar-refractivity contribution in [2.45, 2.75) is 26.7 Å². The average Bonchev–Trinajstić information content (AvgIpc) is 3.31. The van der Waals surface area contributed by atoms with Crippen LogP contribution in [-0.4, -0.2) is 40.7 Å². The van der Waals surface area contributed by atoms with Gasteiger partial charge in [0.05, 0.1) is 5.01 Å². The minimum Gasteiger partial charge on any atom is -0.357 e. The van der Waals surface area contributed by atoms with Crippen LogP contribution in [0.25, 0.3) is 11.4 Å². The van der Waals surface area contributed by atoms with Crippen molar-refractivity contribution in [3.63, 3.8) is 0 Å². The molecule has 2 heterocycles. The Labute approximate surface area is 196 Å². The number of hydrogen-bond acceptors (Lipinski definition) is 6. The molecule has 0 amide bonds. The van der Waals surface area contributed by atoms with Gasteiger partial charge in [-0.05, 0) is 26.0 Å². The van der Waals surface area contributed by atoms with E-state index in [0.717, 1.165) is 29.5 Å². The summed E-state index contributed by atoms with van der Waals surface area (Å²) in [6.45, 7) is 6.21. The summed E-state index contributed by atoms with van der Waals surface area (Å²) in [5, 5.41) is 12.3. The number of aliphatic imine (C=N–C) groups is 1. The van der Waals surface area contributed by atoms with Crippen LogP contribution in [0.4, 0.5) is 0 Å². The van der Waals surface area contributed by atoms with Gasteiger partial charge < -0.3 is 15.2 Å². The van der Waals surface area contributed by atoms with E-state index in [1.165, 1.54) is 4.88 Å². The van der Waals surface area contributed by atoms with Gasteiger partial charge in [0.25, 0.3) is 0 Å². The number of thiazole rings is 1. The first kappa shape index (κ1) is 23.6. The summed E-state index contributed by atoms with van der Waals surface area (Å²) in [5.41, 5.74) is 0.836. The van der Waals surface area contributed by atoms with Crippen molar-refractivity contribution in [2.24, 2.45) is 4.99 Å². The molecule has 3 rings (SSSR count). The highest BCUT2D eigenvalue weighted by Crippen LogP contribution is 2.19. The molecule has 10 heteroatoms. The molecule has 2 N–H and O–H groups in total. The lowest BCUT2D eigenvalue weighted by Gasteiger charge is -2.09. The molecule has 1 aromatic carbocycles. The third kappa shape index (κ3) is 7.56. The second-order valence-corrected chi connectivity index (χ2v) is 7.83. The van der Waals surface area contributed by atoms with Gasteiger partial charge in [0.2, 0.25) is 11.7 Å². The standard InChI is InChI=1S/C19H23ClN6OS.HI/c1-3-21-19(23-10-8-17-24-12-13(2)28-17)22-9-7-16-25-18(26-27-16)14-5-4-6-15(20)11-14;/h4-6,11-12H,3,7-10H2,1-2H3,(H2,21,22,23);1H. The Bertz CT molecular complexity index is 929. The van der Waals surface area contributed by atoms with Crippen LogP contribution >= 0.6 is 46.9 Å². The Balaban J connectivity index is 0.00000300. The number of benzene rings is 1. The first-order valence-corrected chi connectivity index (χ1v) is 10.4. The molecule has 0 unspecified atom stereocenters. The zero-order valence-electron chi connectivity index (χ0n) is 16.3. The molecule has 2 aromatic heterocycles. The second-order valence-electron chi connectivity index (χ2n) is 6.07. The number of guanidine groups is 1. The molecule has 3 aromatic rings. The summed E-state index contributed by atoms with van der Waals surface area (Å²) >= 11 is 7.72. The van der Waals surface area contributed by atoms with Gasteiger partial charge in [-0.15, -0.1) is 35.3 Å². The first-order chi connectivity index (χ1) is 13.6. The van der Waals surface area contributed by atoms with E-state index in [4.69, 9.17) is 16.1 Å². The van der Waals surface area contributed by atoms with Crippen molar-refractivity contribution < 1.29 is 4.52 Å². The third-order valence-corrected chi connectivity index (χ3v) is 5.00. The molecule has 0 atom stereocenters. The van der Waals surface area contributed by atoms with Crippen molar-refractivity contribution >= 4 is 52.9 Å². The van der Waals surface area contributed by atoms with Gasteiger partial charge >= 0.3 is 0 Å². The number of halogens is 2. The van der Waals surface area contributed by atoms with Crippen molar-refractivity contribution in [3.05, 3.63) is 51.3 Å². The molecule has 0 bridgehead atoms. The molecule has 0 aliphatic carbocycles. The van der Waals surface area contributed by atoms with Gasteiger partial charge in [-0.1, -0.05) is 28.9 Å². The highest BCUT2D eigenvalue weighted by molar-refractivity contribution is 14.0. The smallest absolute Gasteiger partial charge is 0.228 e. The Morgan fingerprint density at radius 3 is 2.86 bits per heavy atom. The zero-order valence-corrected chi connectivity index (χ0v) is 20.2. The Hall–Kier alpha value is -1.72. The van der Waals surface area contributed by atoms with E-state index < -0.39 is 0 Å². The van der Waals surface area contributed by atoms with Crippen LogP contribution < -0.4 is 10.6 Å². The van der Waals surface area contributed by atoms with Crippen molar-refractivity contribution in [1.29, 1.82) is 0 Å².